The molecule has 6 nitrogen and oxygen atoms in total. The number of carbonyl (C=O) groups is 1. The van der Waals surface area contributed by atoms with Crippen molar-refractivity contribution >= 4 is 17.3 Å². The summed E-state index contributed by atoms with van der Waals surface area (Å²) in [4.78, 5) is 22.7. The van der Waals surface area contributed by atoms with Crippen molar-refractivity contribution in [3.8, 4) is 0 Å². The lowest BCUT2D eigenvalue weighted by Gasteiger charge is -2.31. The van der Waals surface area contributed by atoms with E-state index < -0.39 is 4.92 Å². The van der Waals surface area contributed by atoms with Gasteiger partial charge in [0, 0.05) is 12.1 Å². The van der Waals surface area contributed by atoms with Gasteiger partial charge in [-0.05, 0) is 24.8 Å². The van der Waals surface area contributed by atoms with E-state index in [-0.39, 0.29) is 28.9 Å². The molecule has 1 aliphatic carbocycles. The molecule has 6 heteroatoms. The molecule has 0 spiro atoms. The summed E-state index contributed by atoms with van der Waals surface area (Å²) in [5, 5.41) is 13.9. The van der Waals surface area contributed by atoms with Crippen molar-refractivity contribution in [1.29, 1.82) is 0 Å². The van der Waals surface area contributed by atoms with Crippen LogP contribution >= 0.6 is 0 Å². The Bertz CT molecular complexity index is 545. The van der Waals surface area contributed by atoms with Gasteiger partial charge in [-0.15, -0.1) is 0 Å². The Morgan fingerprint density at radius 1 is 1.43 bits per heavy atom. The van der Waals surface area contributed by atoms with Crippen molar-refractivity contribution in [1.82, 2.24) is 5.32 Å². The fraction of sp³-hybridized carbons (Fsp3) is 0.533. The van der Waals surface area contributed by atoms with Crippen molar-refractivity contribution in [2.45, 2.75) is 45.1 Å². The second-order valence-corrected chi connectivity index (χ2v) is 5.53. The molecule has 1 fully saturated rings. The van der Waals surface area contributed by atoms with Gasteiger partial charge in [0.05, 0.1) is 10.5 Å². The Morgan fingerprint density at radius 3 is 2.81 bits per heavy atom. The van der Waals surface area contributed by atoms with Gasteiger partial charge < -0.3 is 11.1 Å². The first-order chi connectivity index (χ1) is 10.0. The van der Waals surface area contributed by atoms with Crippen LogP contribution in [0.3, 0.4) is 0 Å². The highest BCUT2D eigenvalue weighted by atomic mass is 16.6. The van der Waals surface area contributed by atoms with Gasteiger partial charge in [0.15, 0.2) is 0 Å². The predicted molar refractivity (Wildman–Crippen MR) is 81.0 cm³/mol. The number of nitrogens with zero attached hydrogens (tertiary/aromatic N) is 1. The largest absolute Gasteiger partial charge is 0.393 e. The minimum atomic E-state index is -0.568. The van der Waals surface area contributed by atoms with Crippen LogP contribution in [-0.2, 0) is 0 Å². The average Bonchev–Trinajstić information content (AvgIpc) is 2.47. The van der Waals surface area contributed by atoms with E-state index in [1.54, 1.807) is 0 Å². The quantitative estimate of drug-likeness (QED) is 0.506. The lowest BCUT2D eigenvalue weighted by atomic mass is 9.83. The molecule has 0 heterocycles. The molecule has 0 aromatic heterocycles. The summed E-state index contributed by atoms with van der Waals surface area (Å²) in [7, 11) is 0. The van der Waals surface area contributed by atoms with Gasteiger partial charge in [-0.1, -0.05) is 32.3 Å². The number of amides is 1. The maximum atomic E-state index is 12.4. The lowest BCUT2D eigenvalue weighted by molar-refractivity contribution is -0.383. The summed E-state index contributed by atoms with van der Waals surface area (Å²) < 4.78 is 0. The summed E-state index contributed by atoms with van der Waals surface area (Å²) in [5.74, 6) is 0.157. The van der Waals surface area contributed by atoms with E-state index >= 15 is 0 Å². The molecule has 2 rings (SSSR count). The molecule has 114 valence electrons. The molecule has 1 aromatic carbocycles. The molecular formula is C15H21N3O3. The molecule has 1 amide bonds. The molecule has 0 radical (unpaired) electrons. The van der Waals surface area contributed by atoms with Crippen LogP contribution in [0.2, 0.25) is 0 Å². The Hall–Kier alpha value is -2.11. The number of anilines is 1. The highest BCUT2D eigenvalue weighted by molar-refractivity contribution is 6.01. The minimum absolute atomic E-state index is 0.0659. The number of para-hydroxylation sites is 1. The maximum Gasteiger partial charge on any atom is 0.292 e. The number of nitro groups is 1. The van der Waals surface area contributed by atoms with Crippen LogP contribution in [-0.4, -0.2) is 16.9 Å². The Labute approximate surface area is 123 Å². The van der Waals surface area contributed by atoms with Gasteiger partial charge in [-0.25, -0.2) is 0 Å². The predicted octanol–water partition coefficient (Wildman–Crippen LogP) is 2.88. The molecule has 1 saturated carbocycles. The van der Waals surface area contributed by atoms with E-state index in [0.29, 0.717) is 5.92 Å². The summed E-state index contributed by atoms with van der Waals surface area (Å²) in [6.45, 7) is 2.12. The number of hydrogen-bond acceptors (Lipinski definition) is 4. The summed E-state index contributed by atoms with van der Waals surface area (Å²) in [5.41, 5.74) is 5.65. The van der Waals surface area contributed by atoms with Gasteiger partial charge in [-0.3, -0.25) is 14.9 Å². The molecule has 0 aliphatic heterocycles. The number of rotatable bonds is 4. The van der Waals surface area contributed by atoms with E-state index in [9.17, 15) is 14.9 Å². The second kappa shape index (κ2) is 6.56. The van der Waals surface area contributed by atoms with Crippen LogP contribution in [0.25, 0.3) is 0 Å². The SMILES string of the molecule is CCC1CCCCC1NC(=O)c1cccc([N+](=O)[O-])c1N. The molecular weight excluding hydrogens is 270 g/mol. The first-order valence-corrected chi connectivity index (χ1v) is 7.38. The fourth-order valence-electron chi connectivity index (χ4n) is 3.04. The maximum absolute atomic E-state index is 12.4. The van der Waals surface area contributed by atoms with E-state index in [0.717, 1.165) is 25.7 Å². The third kappa shape index (κ3) is 3.32. The lowest BCUT2D eigenvalue weighted by Crippen LogP contribution is -2.42. The van der Waals surface area contributed by atoms with Crippen LogP contribution in [0.15, 0.2) is 18.2 Å². The van der Waals surface area contributed by atoms with Crippen LogP contribution in [0.5, 0.6) is 0 Å². The first kappa shape index (κ1) is 15.3. The minimum Gasteiger partial charge on any atom is -0.393 e. The molecule has 0 bridgehead atoms. The molecule has 21 heavy (non-hydrogen) atoms. The third-order valence-corrected chi connectivity index (χ3v) is 4.27. The Kier molecular flexibility index (Phi) is 4.77. The van der Waals surface area contributed by atoms with E-state index in [1.807, 2.05) is 0 Å². The summed E-state index contributed by atoms with van der Waals surface area (Å²) in [6.07, 6.45) is 5.40. The number of nitrogens with two attached hydrogens (primary N) is 1. The molecule has 2 atom stereocenters. The number of benzene rings is 1. The standard InChI is InChI=1S/C15H21N3O3/c1-2-10-6-3-4-8-12(10)17-15(19)11-7-5-9-13(14(11)16)18(20)21/h5,7,9-10,12H,2-4,6,8,16H2,1H3,(H,17,19). The number of hydrogen-bond donors (Lipinski definition) is 2. The van der Waals surface area contributed by atoms with Crippen molar-refractivity contribution in [3.05, 3.63) is 33.9 Å². The number of nitro benzene ring substituents is 1. The van der Waals surface area contributed by atoms with Crippen molar-refractivity contribution in [3.63, 3.8) is 0 Å². The second-order valence-electron chi connectivity index (χ2n) is 5.53. The number of nitrogens with one attached hydrogen (secondary N) is 1. The highest BCUT2D eigenvalue weighted by Gasteiger charge is 2.27. The van der Waals surface area contributed by atoms with Crippen molar-refractivity contribution < 1.29 is 9.72 Å². The molecule has 0 saturated heterocycles. The molecule has 1 aromatic rings. The van der Waals surface area contributed by atoms with Crippen LogP contribution in [0, 0.1) is 16.0 Å². The van der Waals surface area contributed by atoms with Crippen LogP contribution in [0.4, 0.5) is 11.4 Å². The normalized spacial score (nSPS) is 21.8. The highest BCUT2D eigenvalue weighted by Crippen LogP contribution is 2.28. The molecule has 1 aliphatic rings. The summed E-state index contributed by atoms with van der Waals surface area (Å²) >= 11 is 0. The summed E-state index contributed by atoms with van der Waals surface area (Å²) in [6, 6.07) is 4.46. The molecule has 2 unspecified atom stereocenters. The van der Waals surface area contributed by atoms with Gasteiger partial charge >= 0.3 is 0 Å². The van der Waals surface area contributed by atoms with Crippen molar-refractivity contribution in [2.24, 2.45) is 5.92 Å². The Morgan fingerprint density at radius 2 is 2.14 bits per heavy atom. The van der Waals surface area contributed by atoms with Gasteiger partial charge in [0.2, 0.25) is 0 Å². The third-order valence-electron chi connectivity index (χ3n) is 4.27. The first-order valence-electron chi connectivity index (χ1n) is 7.38. The van der Waals surface area contributed by atoms with Gasteiger partial charge in [-0.2, -0.15) is 0 Å². The van der Waals surface area contributed by atoms with Crippen LogP contribution in [0.1, 0.15) is 49.4 Å². The average molecular weight is 291 g/mol. The zero-order valence-electron chi connectivity index (χ0n) is 12.2. The van der Waals surface area contributed by atoms with Gasteiger partial charge in [0.1, 0.15) is 5.69 Å². The van der Waals surface area contributed by atoms with Crippen molar-refractivity contribution in [2.75, 3.05) is 5.73 Å². The zero-order chi connectivity index (χ0) is 15.4. The number of nitrogen functional groups attached to an aromatic ring is 1. The van der Waals surface area contributed by atoms with E-state index in [4.69, 9.17) is 5.73 Å². The smallest absolute Gasteiger partial charge is 0.292 e. The van der Waals surface area contributed by atoms with E-state index in [2.05, 4.69) is 12.2 Å². The topological polar surface area (TPSA) is 98.3 Å². The molecule has 3 N–H and O–H groups in total. The zero-order valence-corrected chi connectivity index (χ0v) is 12.2. The van der Waals surface area contributed by atoms with E-state index in [1.165, 1.54) is 24.6 Å². The Balaban J connectivity index is 2.17. The fourth-order valence-corrected chi connectivity index (χ4v) is 3.04. The van der Waals surface area contributed by atoms with Gasteiger partial charge in [0.25, 0.3) is 11.6 Å². The number of carbonyl (C=O) groups excluding carboxylic acids is 1. The van der Waals surface area contributed by atoms with Crippen LogP contribution < -0.4 is 11.1 Å². The monoisotopic (exact) mass is 291 g/mol.